The van der Waals surface area contributed by atoms with Gasteiger partial charge in [-0.2, -0.15) is 0 Å². The van der Waals surface area contributed by atoms with Crippen LogP contribution in [0.25, 0.3) is 0 Å². The average molecular weight is 335 g/mol. The lowest BCUT2D eigenvalue weighted by Gasteiger charge is -2.06. The van der Waals surface area contributed by atoms with E-state index >= 15 is 0 Å². The van der Waals surface area contributed by atoms with Crippen molar-refractivity contribution in [2.24, 2.45) is 0 Å². The van der Waals surface area contributed by atoms with Gasteiger partial charge < -0.3 is 15.5 Å². The van der Waals surface area contributed by atoms with E-state index in [1.54, 1.807) is 0 Å². The summed E-state index contributed by atoms with van der Waals surface area (Å²) in [6.45, 7) is 0.580. The van der Waals surface area contributed by atoms with Crippen molar-refractivity contribution in [3.8, 4) is 11.5 Å². The molecule has 0 unspecified atom stereocenters. The van der Waals surface area contributed by atoms with Crippen molar-refractivity contribution in [2.45, 2.75) is 12.8 Å². The molecule has 4 nitrogen and oxygen atoms in total. The van der Waals surface area contributed by atoms with Gasteiger partial charge in [0.25, 0.3) is 5.91 Å². The van der Waals surface area contributed by atoms with Crippen LogP contribution in [0.3, 0.4) is 0 Å². The average Bonchev–Trinajstić information content (AvgIpc) is 2.27. The minimum absolute atomic E-state index is 0.0322. The van der Waals surface area contributed by atoms with Gasteiger partial charge in [0.2, 0.25) is 0 Å². The lowest BCUT2D eigenvalue weighted by molar-refractivity contribution is 0.0950. The first kappa shape index (κ1) is 13.1. The highest BCUT2D eigenvalue weighted by molar-refractivity contribution is 14.1. The van der Waals surface area contributed by atoms with Crippen LogP contribution in [0.1, 0.15) is 23.2 Å². The summed E-state index contributed by atoms with van der Waals surface area (Å²) in [5.41, 5.74) is 0.106. The second kappa shape index (κ2) is 6.57. The van der Waals surface area contributed by atoms with Crippen LogP contribution in [-0.2, 0) is 0 Å². The summed E-state index contributed by atoms with van der Waals surface area (Å²) in [5, 5.41) is 21.3. The number of aromatic hydroxyl groups is 2. The smallest absolute Gasteiger partial charge is 0.255 e. The molecule has 0 radical (unpaired) electrons. The number of hydrogen-bond acceptors (Lipinski definition) is 3. The quantitative estimate of drug-likeness (QED) is 0.334. The van der Waals surface area contributed by atoms with Gasteiger partial charge in [0, 0.05) is 6.54 Å². The van der Waals surface area contributed by atoms with Gasteiger partial charge >= 0.3 is 0 Å². The van der Waals surface area contributed by atoms with Crippen LogP contribution in [0.5, 0.6) is 11.5 Å². The number of amides is 1. The molecule has 0 bridgehead atoms. The Kier molecular flexibility index (Phi) is 5.37. The monoisotopic (exact) mass is 335 g/mol. The van der Waals surface area contributed by atoms with Crippen LogP contribution in [0.2, 0.25) is 0 Å². The maximum absolute atomic E-state index is 11.6. The Bertz CT molecular complexity index is 368. The molecule has 88 valence electrons. The fourth-order valence-corrected chi connectivity index (χ4v) is 1.76. The Hall–Kier alpha value is -0.980. The second-order valence-electron chi connectivity index (χ2n) is 3.35. The molecule has 0 saturated heterocycles. The minimum atomic E-state index is -0.359. The fraction of sp³-hybridized carbons (Fsp3) is 0.364. The third kappa shape index (κ3) is 3.88. The molecule has 1 aromatic rings. The third-order valence-corrected chi connectivity index (χ3v) is 2.83. The number of carbonyl (C=O) groups is 1. The molecule has 0 spiro atoms. The molecule has 3 N–H and O–H groups in total. The van der Waals surface area contributed by atoms with Gasteiger partial charge in [0.15, 0.2) is 0 Å². The van der Waals surface area contributed by atoms with Gasteiger partial charge in [-0.05, 0) is 35.5 Å². The van der Waals surface area contributed by atoms with Crippen LogP contribution in [0, 0.1) is 0 Å². The molecule has 0 aliphatic heterocycles. The summed E-state index contributed by atoms with van der Waals surface area (Å²) in [4.78, 5) is 11.6. The van der Waals surface area contributed by atoms with E-state index in [-0.39, 0.29) is 23.0 Å². The highest BCUT2D eigenvalue weighted by Gasteiger charge is 2.10. The van der Waals surface area contributed by atoms with Gasteiger partial charge in [-0.1, -0.05) is 22.6 Å². The Morgan fingerprint density at radius 2 is 2.06 bits per heavy atom. The molecule has 1 aromatic carbocycles. The lowest BCUT2D eigenvalue weighted by Crippen LogP contribution is -2.24. The molecule has 0 heterocycles. The molecular formula is C11H14INO3. The van der Waals surface area contributed by atoms with Crippen molar-refractivity contribution < 1.29 is 15.0 Å². The second-order valence-corrected chi connectivity index (χ2v) is 4.43. The Morgan fingerprint density at radius 1 is 1.31 bits per heavy atom. The van der Waals surface area contributed by atoms with Gasteiger partial charge in [0.1, 0.15) is 11.5 Å². The Morgan fingerprint density at radius 3 is 2.75 bits per heavy atom. The number of benzene rings is 1. The number of nitrogens with one attached hydrogen (secondary N) is 1. The number of phenols is 2. The van der Waals surface area contributed by atoms with Crippen molar-refractivity contribution in [3.05, 3.63) is 23.8 Å². The van der Waals surface area contributed by atoms with Crippen LogP contribution in [0.15, 0.2) is 18.2 Å². The maximum atomic E-state index is 11.6. The molecule has 0 aromatic heterocycles. The Labute approximate surface area is 108 Å². The first-order valence-electron chi connectivity index (χ1n) is 5.01. The first-order chi connectivity index (χ1) is 7.65. The number of hydrogen-bond donors (Lipinski definition) is 3. The largest absolute Gasteiger partial charge is 0.508 e. The summed E-state index contributed by atoms with van der Waals surface area (Å²) in [7, 11) is 0. The zero-order chi connectivity index (χ0) is 12.0. The van der Waals surface area contributed by atoms with Crippen molar-refractivity contribution in [1.82, 2.24) is 5.32 Å². The van der Waals surface area contributed by atoms with Crippen LogP contribution < -0.4 is 5.32 Å². The minimum Gasteiger partial charge on any atom is -0.508 e. The predicted molar refractivity (Wildman–Crippen MR) is 70.2 cm³/mol. The highest BCUT2D eigenvalue weighted by atomic mass is 127. The van der Waals surface area contributed by atoms with E-state index in [9.17, 15) is 15.0 Å². The van der Waals surface area contributed by atoms with Crippen molar-refractivity contribution in [3.63, 3.8) is 0 Å². The molecule has 0 aliphatic rings. The number of phenolic OH excluding ortho intramolecular Hbond substituents is 2. The first-order valence-corrected chi connectivity index (χ1v) is 6.54. The fourth-order valence-electron chi connectivity index (χ4n) is 1.22. The molecule has 0 fully saturated rings. The SMILES string of the molecule is O=C(NCCCCI)c1cc(O)ccc1O. The summed E-state index contributed by atoms with van der Waals surface area (Å²) >= 11 is 2.28. The van der Waals surface area contributed by atoms with Crippen molar-refractivity contribution in [1.29, 1.82) is 0 Å². The van der Waals surface area contributed by atoms with Crippen LogP contribution in [0.4, 0.5) is 0 Å². The standard InChI is InChI=1S/C11H14INO3/c12-5-1-2-6-13-11(16)9-7-8(14)3-4-10(9)15/h3-4,7,14-15H,1-2,5-6H2,(H,13,16). The molecule has 0 saturated carbocycles. The van der Waals surface area contributed by atoms with E-state index < -0.39 is 0 Å². The van der Waals surface area contributed by atoms with Gasteiger partial charge in [-0.25, -0.2) is 0 Å². The van der Waals surface area contributed by atoms with Gasteiger partial charge in [-0.3, -0.25) is 4.79 Å². The zero-order valence-corrected chi connectivity index (χ0v) is 10.9. The molecule has 0 aliphatic carbocycles. The normalized spacial score (nSPS) is 10.1. The topological polar surface area (TPSA) is 69.6 Å². The van der Waals surface area contributed by atoms with E-state index in [2.05, 4.69) is 27.9 Å². The van der Waals surface area contributed by atoms with Crippen molar-refractivity contribution in [2.75, 3.05) is 11.0 Å². The van der Waals surface area contributed by atoms with Gasteiger partial charge in [0.05, 0.1) is 5.56 Å². The summed E-state index contributed by atoms with van der Waals surface area (Å²) in [5.74, 6) is -0.513. The molecule has 1 rings (SSSR count). The maximum Gasteiger partial charge on any atom is 0.255 e. The summed E-state index contributed by atoms with van der Waals surface area (Å²) in [6.07, 6.45) is 1.96. The lowest BCUT2D eigenvalue weighted by atomic mass is 10.1. The molecule has 0 atom stereocenters. The summed E-state index contributed by atoms with van der Waals surface area (Å²) < 4.78 is 1.06. The molecule has 16 heavy (non-hydrogen) atoms. The van der Waals surface area contributed by atoms with Gasteiger partial charge in [-0.15, -0.1) is 0 Å². The van der Waals surface area contributed by atoms with Crippen LogP contribution >= 0.6 is 22.6 Å². The number of carbonyl (C=O) groups excluding carboxylic acids is 1. The number of alkyl halides is 1. The molecular weight excluding hydrogens is 321 g/mol. The van der Waals surface area contributed by atoms with E-state index in [4.69, 9.17) is 0 Å². The molecule has 5 heteroatoms. The number of unbranched alkanes of at least 4 members (excludes halogenated alkanes) is 1. The van der Waals surface area contributed by atoms with E-state index in [0.717, 1.165) is 17.3 Å². The summed E-state index contributed by atoms with van der Waals surface area (Å²) in [6, 6.07) is 3.89. The van der Waals surface area contributed by atoms with E-state index in [1.165, 1.54) is 18.2 Å². The zero-order valence-electron chi connectivity index (χ0n) is 8.74. The third-order valence-electron chi connectivity index (χ3n) is 2.07. The highest BCUT2D eigenvalue weighted by Crippen LogP contribution is 2.21. The number of rotatable bonds is 5. The number of halogens is 1. The van der Waals surface area contributed by atoms with Crippen LogP contribution in [-0.4, -0.2) is 27.1 Å². The molecule has 1 amide bonds. The van der Waals surface area contributed by atoms with E-state index in [0.29, 0.717) is 6.54 Å². The van der Waals surface area contributed by atoms with E-state index in [1.807, 2.05) is 0 Å². The predicted octanol–water partition coefficient (Wildman–Crippen LogP) is 2.04. The van der Waals surface area contributed by atoms with Crippen molar-refractivity contribution >= 4 is 28.5 Å². The Balaban J connectivity index is 2.55.